The number of nitriles is 1. The van der Waals surface area contributed by atoms with Crippen molar-refractivity contribution in [2.45, 2.75) is 33.8 Å². The molecule has 19 heavy (non-hydrogen) atoms. The Hall–Kier alpha value is -1.86. The molecule has 0 amide bonds. The Balaban J connectivity index is 2.04. The highest BCUT2D eigenvalue weighted by Gasteiger charge is 2.08. The largest absolute Gasteiger partial charge is 0.486 e. The average molecular weight is 272 g/mol. The third kappa shape index (κ3) is 3.33. The number of ether oxygens (including phenoxy) is 1. The van der Waals surface area contributed by atoms with Crippen molar-refractivity contribution in [3.8, 4) is 11.8 Å². The van der Waals surface area contributed by atoms with Crippen LogP contribution >= 0.6 is 11.3 Å². The van der Waals surface area contributed by atoms with Gasteiger partial charge in [0.25, 0.3) is 0 Å². The number of aromatic nitrogens is 1. The quantitative estimate of drug-likeness (QED) is 0.852. The molecule has 1 aromatic heterocycles. The average Bonchev–Trinajstić information content (AvgIpc) is 2.72. The van der Waals surface area contributed by atoms with E-state index >= 15 is 0 Å². The van der Waals surface area contributed by atoms with Crippen LogP contribution in [0, 0.1) is 32.1 Å². The SMILES string of the molecule is Cc1ccc(OCc2nc(C)c(CC#N)s2)cc1C. The lowest BCUT2D eigenvalue weighted by Crippen LogP contribution is -1.95. The van der Waals surface area contributed by atoms with Crippen LogP contribution < -0.4 is 4.74 Å². The molecule has 0 unspecified atom stereocenters. The van der Waals surface area contributed by atoms with Gasteiger partial charge >= 0.3 is 0 Å². The molecule has 0 atom stereocenters. The summed E-state index contributed by atoms with van der Waals surface area (Å²) in [5.74, 6) is 0.859. The molecule has 1 heterocycles. The topological polar surface area (TPSA) is 45.9 Å². The first kappa shape index (κ1) is 13.6. The van der Waals surface area contributed by atoms with Crippen molar-refractivity contribution in [3.05, 3.63) is 44.9 Å². The van der Waals surface area contributed by atoms with E-state index in [1.807, 2.05) is 19.1 Å². The molecular formula is C15H16N2OS. The fraction of sp³-hybridized carbons (Fsp3) is 0.333. The zero-order valence-electron chi connectivity index (χ0n) is 11.4. The number of benzene rings is 1. The van der Waals surface area contributed by atoms with Crippen LogP contribution in [0.2, 0.25) is 0 Å². The third-order valence-electron chi connectivity index (χ3n) is 3.02. The molecule has 0 saturated carbocycles. The molecule has 0 spiro atoms. The Labute approximate surface area is 117 Å². The Kier molecular flexibility index (Phi) is 4.18. The highest BCUT2D eigenvalue weighted by Crippen LogP contribution is 2.21. The Morgan fingerprint density at radius 1 is 1.26 bits per heavy atom. The van der Waals surface area contributed by atoms with Crippen LogP contribution in [-0.2, 0) is 13.0 Å². The maximum absolute atomic E-state index is 8.72. The first-order valence-electron chi connectivity index (χ1n) is 6.12. The van der Waals surface area contributed by atoms with E-state index in [9.17, 15) is 0 Å². The summed E-state index contributed by atoms with van der Waals surface area (Å²) >= 11 is 1.55. The molecule has 0 aliphatic heterocycles. The van der Waals surface area contributed by atoms with Crippen molar-refractivity contribution < 1.29 is 4.74 Å². The van der Waals surface area contributed by atoms with E-state index < -0.39 is 0 Å². The maximum atomic E-state index is 8.72. The van der Waals surface area contributed by atoms with Gasteiger partial charge in [-0.15, -0.1) is 11.3 Å². The van der Waals surface area contributed by atoms with Gasteiger partial charge in [0.2, 0.25) is 0 Å². The second kappa shape index (κ2) is 5.85. The van der Waals surface area contributed by atoms with Gasteiger partial charge in [-0.1, -0.05) is 6.07 Å². The second-order valence-electron chi connectivity index (χ2n) is 4.49. The van der Waals surface area contributed by atoms with Crippen molar-refractivity contribution in [2.75, 3.05) is 0 Å². The maximum Gasteiger partial charge on any atom is 0.140 e. The van der Waals surface area contributed by atoms with Crippen LogP contribution in [0.3, 0.4) is 0 Å². The number of aryl methyl sites for hydroxylation is 3. The van der Waals surface area contributed by atoms with Gasteiger partial charge in [-0.25, -0.2) is 4.98 Å². The summed E-state index contributed by atoms with van der Waals surface area (Å²) in [6.45, 7) is 6.54. The predicted octanol–water partition coefficient (Wildman–Crippen LogP) is 3.71. The fourth-order valence-corrected chi connectivity index (χ4v) is 2.65. The first-order chi connectivity index (χ1) is 9.10. The molecule has 0 aliphatic carbocycles. The summed E-state index contributed by atoms with van der Waals surface area (Å²) in [5.41, 5.74) is 3.41. The van der Waals surface area contributed by atoms with Crippen molar-refractivity contribution in [2.24, 2.45) is 0 Å². The van der Waals surface area contributed by atoms with Gasteiger partial charge in [0.15, 0.2) is 0 Å². The second-order valence-corrected chi connectivity index (χ2v) is 5.65. The third-order valence-corrected chi connectivity index (χ3v) is 4.15. The van der Waals surface area contributed by atoms with E-state index in [-0.39, 0.29) is 0 Å². The molecule has 1 aromatic carbocycles. The number of rotatable bonds is 4. The summed E-state index contributed by atoms with van der Waals surface area (Å²) in [5, 5.41) is 9.63. The lowest BCUT2D eigenvalue weighted by atomic mass is 10.1. The molecule has 2 aromatic rings. The van der Waals surface area contributed by atoms with Gasteiger partial charge in [0.05, 0.1) is 18.2 Å². The van der Waals surface area contributed by atoms with Crippen LogP contribution in [-0.4, -0.2) is 4.98 Å². The molecule has 3 nitrogen and oxygen atoms in total. The van der Waals surface area contributed by atoms with Crippen LogP contribution in [0.1, 0.15) is 26.7 Å². The summed E-state index contributed by atoms with van der Waals surface area (Å²) in [4.78, 5) is 5.46. The zero-order valence-corrected chi connectivity index (χ0v) is 12.2. The molecule has 0 N–H and O–H groups in total. The molecule has 98 valence electrons. The molecule has 4 heteroatoms. The van der Waals surface area contributed by atoms with Crippen LogP contribution in [0.4, 0.5) is 0 Å². The Morgan fingerprint density at radius 3 is 2.74 bits per heavy atom. The highest BCUT2D eigenvalue weighted by atomic mass is 32.1. The van der Waals surface area contributed by atoms with Gasteiger partial charge in [-0.3, -0.25) is 0 Å². The molecule has 0 bridgehead atoms. The number of thiazole rings is 1. The minimum Gasteiger partial charge on any atom is -0.486 e. The molecule has 0 radical (unpaired) electrons. The van der Waals surface area contributed by atoms with E-state index in [1.54, 1.807) is 11.3 Å². The Bertz CT molecular complexity index is 626. The molecule has 0 aliphatic rings. The van der Waals surface area contributed by atoms with Gasteiger partial charge in [0.1, 0.15) is 17.4 Å². The molecule has 2 rings (SSSR count). The van der Waals surface area contributed by atoms with Crippen LogP contribution in [0.5, 0.6) is 5.75 Å². The van der Waals surface area contributed by atoms with E-state index in [4.69, 9.17) is 10.00 Å². The number of hydrogen-bond donors (Lipinski definition) is 0. The van der Waals surface area contributed by atoms with Gasteiger partial charge in [-0.2, -0.15) is 5.26 Å². The normalized spacial score (nSPS) is 10.2. The van der Waals surface area contributed by atoms with Crippen molar-refractivity contribution in [1.29, 1.82) is 5.26 Å². The highest BCUT2D eigenvalue weighted by molar-refractivity contribution is 7.11. The standard InChI is InChI=1S/C15H16N2OS/c1-10-4-5-13(8-11(10)2)18-9-15-17-12(3)14(19-15)6-7-16/h4-5,8H,6,9H2,1-3H3. The summed E-state index contributed by atoms with van der Waals surface area (Å²) in [6, 6.07) is 8.21. The minimum atomic E-state index is 0.424. The van der Waals surface area contributed by atoms with Gasteiger partial charge < -0.3 is 4.74 Å². The van der Waals surface area contributed by atoms with E-state index in [0.717, 1.165) is 21.3 Å². The lowest BCUT2D eigenvalue weighted by Gasteiger charge is -2.06. The van der Waals surface area contributed by atoms with Gasteiger partial charge in [0, 0.05) is 4.88 Å². The first-order valence-corrected chi connectivity index (χ1v) is 6.94. The zero-order chi connectivity index (χ0) is 13.8. The van der Waals surface area contributed by atoms with Crippen molar-refractivity contribution in [1.82, 2.24) is 4.98 Å². The summed E-state index contributed by atoms with van der Waals surface area (Å²) < 4.78 is 5.74. The van der Waals surface area contributed by atoms with E-state index in [0.29, 0.717) is 13.0 Å². The van der Waals surface area contributed by atoms with Gasteiger partial charge in [-0.05, 0) is 44.0 Å². The van der Waals surface area contributed by atoms with Crippen LogP contribution in [0.15, 0.2) is 18.2 Å². The molecule has 0 saturated heterocycles. The van der Waals surface area contributed by atoms with Crippen molar-refractivity contribution >= 4 is 11.3 Å². The minimum absolute atomic E-state index is 0.424. The smallest absolute Gasteiger partial charge is 0.140 e. The molecular weight excluding hydrogens is 256 g/mol. The summed E-state index contributed by atoms with van der Waals surface area (Å²) in [7, 11) is 0. The predicted molar refractivity (Wildman–Crippen MR) is 76.4 cm³/mol. The van der Waals surface area contributed by atoms with E-state index in [2.05, 4.69) is 31.0 Å². The Morgan fingerprint density at radius 2 is 2.05 bits per heavy atom. The van der Waals surface area contributed by atoms with Crippen molar-refractivity contribution in [3.63, 3.8) is 0 Å². The number of hydrogen-bond acceptors (Lipinski definition) is 4. The fourth-order valence-electron chi connectivity index (χ4n) is 1.73. The monoisotopic (exact) mass is 272 g/mol. The molecule has 0 fully saturated rings. The van der Waals surface area contributed by atoms with Crippen LogP contribution in [0.25, 0.3) is 0 Å². The number of nitrogens with zero attached hydrogens (tertiary/aromatic N) is 2. The van der Waals surface area contributed by atoms with E-state index in [1.165, 1.54) is 11.1 Å². The lowest BCUT2D eigenvalue weighted by molar-refractivity contribution is 0.305. The summed E-state index contributed by atoms with van der Waals surface area (Å²) in [6.07, 6.45) is 0.424.